The van der Waals surface area contributed by atoms with Gasteiger partial charge in [-0.2, -0.15) is 18.4 Å². The van der Waals surface area contributed by atoms with Crippen LogP contribution >= 0.6 is 0 Å². The molecule has 0 amide bonds. The van der Waals surface area contributed by atoms with Gasteiger partial charge in [-0.25, -0.2) is 0 Å². The average Bonchev–Trinajstić information content (AvgIpc) is 2.25. The van der Waals surface area contributed by atoms with Crippen LogP contribution in [0.15, 0.2) is 24.3 Å². The number of hydrogen-bond donors (Lipinski definition) is 1. The predicted molar refractivity (Wildman–Crippen MR) is 51.3 cm³/mol. The summed E-state index contributed by atoms with van der Waals surface area (Å²) < 4.78 is 36.7. The van der Waals surface area contributed by atoms with Gasteiger partial charge in [0.25, 0.3) is 0 Å². The molecule has 0 saturated heterocycles. The Morgan fingerprint density at radius 2 is 1.81 bits per heavy atom. The summed E-state index contributed by atoms with van der Waals surface area (Å²) in [5.74, 6) is -0.572. The molecular weight excluding hydrogens is 219 g/mol. The summed E-state index contributed by atoms with van der Waals surface area (Å²) in [6.45, 7) is -0.294. The Balaban J connectivity index is 2.77. The maximum Gasteiger partial charge on any atom is 0.416 e. The van der Waals surface area contributed by atoms with Crippen LogP contribution in [-0.4, -0.2) is 11.7 Å². The molecule has 1 rings (SSSR count). The van der Waals surface area contributed by atoms with Crippen LogP contribution < -0.4 is 0 Å². The molecule has 0 radical (unpaired) electrons. The lowest BCUT2D eigenvalue weighted by atomic mass is 10.0. The summed E-state index contributed by atoms with van der Waals surface area (Å²) in [7, 11) is 0. The number of halogens is 3. The second-order valence-electron chi connectivity index (χ2n) is 3.41. The molecule has 0 aliphatic heterocycles. The Labute approximate surface area is 90.9 Å². The molecule has 1 aromatic carbocycles. The first kappa shape index (κ1) is 12.5. The molecule has 5 heteroatoms. The quantitative estimate of drug-likeness (QED) is 0.864. The van der Waals surface area contributed by atoms with Gasteiger partial charge in [0, 0.05) is 0 Å². The third-order valence-electron chi connectivity index (χ3n) is 2.17. The van der Waals surface area contributed by atoms with Crippen molar-refractivity contribution in [3.8, 4) is 6.07 Å². The van der Waals surface area contributed by atoms with Crippen molar-refractivity contribution in [1.29, 1.82) is 5.26 Å². The first-order chi connectivity index (χ1) is 7.47. The molecule has 0 aromatic heterocycles. The zero-order valence-electron chi connectivity index (χ0n) is 8.33. The highest BCUT2D eigenvalue weighted by atomic mass is 19.4. The summed E-state index contributed by atoms with van der Waals surface area (Å²) in [6, 6.07) is 6.46. The lowest BCUT2D eigenvalue weighted by molar-refractivity contribution is -0.137. The SMILES string of the molecule is N#CC(CO)Cc1ccc(C(F)(F)F)cc1. The molecule has 1 aromatic rings. The van der Waals surface area contributed by atoms with E-state index in [0.29, 0.717) is 5.56 Å². The average molecular weight is 229 g/mol. The van der Waals surface area contributed by atoms with E-state index in [2.05, 4.69) is 0 Å². The minimum atomic E-state index is -4.34. The van der Waals surface area contributed by atoms with Crippen molar-refractivity contribution in [3.05, 3.63) is 35.4 Å². The van der Waals surface area contributed by atoms with Crippen LogP contribution in [0.3, 0.4) is 0 Å². The first-order valence-corrected chi connectivity index (χ1v) is 4.64. The fraction of sp³-hybridized carbons (Fsp3) is 0.364. The molecule has 1 N–H and O–H groups in total. The van der Waals surface area contributed by atoms with Gasteiger partial charge in [0.2, 0.25) is 0 Å². The first-order valence-electron chi connectivity index (χ1n) is 4.64. The van der Waals surface area contributed by atoms with Gasteiger partial charge in [-0.1, -0.05) is 12.1 Å². The normalized spacial score (nSPS) is 13.2. The second-order valence-corrected chi connectivity index (χ2v) is 3.41. The molecule has 0 spiro atoms. The Hall–Kier alpha value is -1.54. The van der Waals surface area contributed by atoms with Crippen LogP contribution in [0.2, 0.25) is 0 Å². The highest BCUT2D eigenvalue weighted by Gasteiger charge is 2.29. The third-order valence-corrected chi connectivity index (χ3v) is 2.17. The molecule has 1 atom stereocenters. The van der Waals surface area contributed by atoms with E-state index in [1.54, 1.807) is 0 Å². The monoisotopic (exact) mass is 229 g/mol. The van der Waals surface area contributed by atoms with Crippen LogP contribution in [0.1, 0.15) is 11.1 Å². The molecule has 0 aliphatic rings. The molecule has 0 heterocycles. The van der Waals surface area contributed by atoms with Crippen LogP contribution in [0.4, 0.5) is 13.2 Å². The lowest BCUT2D eigenvalue weighted by Crippen LogP contribution is -2.08. The van der Waals surface area contributed by atoms with Gasteiger partial charge < -0.3 is 5.11 Å². The highest BCUT2D eigenvalue weighted by molar-refractivity contribution is 5.25. The lowest BCUT2D eigenvalue weighted by Gasteiger charge is -2.08. The zero-order chi connectivity index (χ0) is 12.2. The molecule has 0 bridgehead atoms. The molecule has 0 aliphatic carbocycles. The number of nitriles is 1. The maximum atomic E-state index is 12.2. The third kappa shape index (κ3) is 3.24. The Kier molecular flexibility index (Phi) is 3.91. The van der Waals surface area contributed by atoms with Gasteiger partial charge in [-0.05, 0) is 24.1 Å². The Bertz CT molecular complexity index is 378. The molecular formula is C11H10F3NO. The van der Waals surface area contributed by atoms with Crippen LogP contribution in [-0.2, 0) is 12.6 Å². The smallest absolute Gasteiger partial charge is 0.395 e. The second kappa shape index (κ2) is 4.99. The summed E-state index contributed by atoms with van der Waals surface area (Å²) >= 11 is 0. The molecule has 1 unspecified atom stereocenters. The number of aliphatic hydroxyl groups excluding tert-OH is 1. The van der Waals surface area contributed by atoms with E-state index in [1.807, 2.05) is 6.07 Å². The van der Waals surface area contributed by atoms with Crippen molar-refractivity contribution in [1.82, 2.24) is 0 Å². The predicted octanol–water partition coefficient (Wildman–Crippen LogP) is 2.38. The summed E-state index contributed by atoms with van der Waals surface area (Å²) in [6.07, 6.45) is -4.09. The maximum absolute atomic E-state index is 12.2. The fourth-order valence-corrected chi connectivity index (χ4v) is 1.27. The van der Waals surface area contributed by atoms with Crippen LogP contribution in [0.5, 0.6) is 0 Å². The van der Waals surface area contributed by atoms with Crippen molar-refractivity contribution in [3.63, 3.8) is 0 Å². The number of aliphatic hydroxyl groups is 1. The van der Waals surface area contributed by atoms with Crippen molar-refractivity contribution in [2.24, 2.45) is 5.92 Å². The number of nitrogens with zero attached hydrogens (tertiary/aromatic N) is 1. The molecule has 0 fully saturated rings. The van der Waals surface area contributed by atoms with E-state index in [9.17, 15) is 13.2 Å². The minimum absolute atomic E-state index is 0.255. The van der Waals surface area contributed by atoms with Gasteiger partial charge >= 0.3 is 6.18 Å². The van der Waals surface area contributed by atoms with E-state index >= 15 is 0 Å². The van der Waals surface area contributed by atoms with Gasteiger partial charge in [0.1, 0.15) is 0 Å². The highest BCUT2D eigenvalue weighted by Crippen LogP contribution is 2.29. The zero-order valence-corrected chi connectivity index (χ0v) is 8.33. The van der Waals surface area contributed by atoms with Crippen molar-refractivity contribution in [2.75, 3.05) is 6.61 Å². The van der Waals surface area contributed by atoms with Gasteiger partial charge in [-0.15, -0.1) is 0 Å². The molecule has 86 valence electrons. The number of hydrogen-bond acceptors (Lipinski definition) is 2. The van der Waals surface area contributed by atoms with E-state index in [-0.39, 0.29) is 13.0 Å². The molecule has 0 saturated carbocycles. The molecule has 16 heavy (non-hydrogen) atoms. The van der Waals surface area contributed by atoms with E-state index < -0.39 is 17.7 Å². The van der Waals surface area contributed by atoms with E-state index in [1.165, 1.54) is 12.1 Å². The summed E-state index contributed by atoms with van der Waals surface area (Å²) in [4.78, 5) is 0. The minimum Gasteiger partial charge on any atom is -0.395 e. The number of alkyl halides is 3. The van der Waals surface area contributed by atoms with Crippen molar-refractivity contribution >= 4 is 0 Å². The standard InChI is InChI=1S/C11H10F3NO/c12-11(13,14)10-3-1-8(2-4-10)5-9(6-15)7-16/h1-4,9,16H,5,7H2. The number of rotatable bonds is 3. The van der Waals surface area contributed by atoms with Crippen LogP contribution in [0, 0.1) is 17.2 Å². The van der Waals surface area contributed by atoms with Crippen LogP contribution in [0.25, 0.3) is 0 Å². The number of benzene rings is 1. The van der Waals surface area contributed by atoms with Gasteiger partial charge in [0.15, 0.2) is 0 Å². The van der Waals surface area contributed by atoms with Gasteiger partial charge in [0.05, 0.1) is 24.2 Å². The van der Waals surface area contributed by atoms with E-state index in [4.69, 9.17) is 10.4 Å². The fourth-order valence-electron chi connectivity index (χ4n) is 1.27. The summed E-state index contributed by atoms with van der Waals surface area (Å²) in [5, 5.41) is 17.3. The summed E-state index contributed by atoms with van der Waals surface area (Å²) in [5.41, 5.74) is -0.109. The Morgan fingerprint density at radius 3 is 2.19 bits per heavy atom. The topological polar surface area (TPSA) is 44.0 Å². The van der Waals surface area contributed by atoms with Crippen molar-refractivity contribution < 1.29 is 18.3 Å². The largest absolute Gasteiger partial charge is 0.416 e. The van der Waals surface area contributed by atoms with Crippen molar-refractivity contribution in [2.45, 2.75) is 12.6 Å². The van der Waals surface area contributed by atoms with Gasteiger partial charge in [-0.3, -0.25) is 0 Å². The molecule has 2 nitrogen and oxygen atoms in total. The Morgan fingerprint density at radius 1 is 1.25 bits per heavy atom. The van der Waals surface area contributed by atoms with E-state index in [0.717, 1.165) is 12.1 Å².